The molecule has 3 rings (SSSR count). The van der Waals surface area contributed by atoms with Crippen molar-refractivity contribution < 1.29 is 21.6 Å². The fraction of sp³-hybridized carbons (Fsp3) is 0.350. The van der Waals surface area contributed by atoms with E-state index in [1.165, 1.54) is 12.1 Å². The van der Waals surface area contributed by atoms with E-state index in [0.29, 0.717) is 22.5 Å². The smallest absolute Gasteiger partial charge is 0.255 e. The van der Waals surface area contributed by atoms with Crippen LogP contribution in [0.4, 0.5) is 11.4 Å². The van der Waals surface area contributed by atoms with Crippen molar-refractivity contribution in [2.45, 2.75) is 44.6 Å². The Morgan fingerprint density at radius 3 is 2.30 bits per heavy atom. The molecule has 2 aromatic carbocycles. The molecule has 1 aliphatic rings. The summed E-state index contributed by atoms with van der Waals surface area (Å²) in [6.45, 7) is 5.00. The van der Waals surface area contributed by atoms with Crippen LogP contribution in [0.5, 0.6) is 0 Å². The van der Waals surface area contributed by atoms with Crippen molar-refractivity contribution >= 4 is 37.3 Å². The Hall–Kier alpha value is -2.43. The number of hydrogen-bond donors (Lipinski definition) is 3. The van der Waals surface area contributed by atoms with Crippen LogP contribution in [-0.2, 0) is 20.0 Å². The van der Waals surface area contributed by atoms with Gasteiger partial charge in [-0.25, -0.2) is 21.6 Å². The summed E-state index contributed by atoms with van der Waals surface area (Å²) in [5.41, 5.74) is 2.45. The number of benzene rings is 2. The van der Waals surface area contributed by atoms with Gasteiger partial charge >= 0.3 is 0 Å². The van der Waals surface area contributed by atoms with Gasteiger partial charge in [0.2, 0.25) is 20.0 Å². The highest BCUT2D eigenvalue weighted by atomic mass is 32.2. The summed E-state index contributed by atoms with van der Waals surface area (Å²) in [5, 5.41) is 2.74. The van der Waals surface area contributed by atoms with E-state index in [9.17, 15) is 21.6 Å². The monoisotopic (exact) mass is 451 g/mol. The zero-order valence-electron chi connectivity index (χ0n) is 17.0. The molecular weight excluding hydrogens is 426 g/mol. The summed E-state index contributed by atoms with van der Waals surface area (Å²) in [5.74, 6) is -0.490. The molecule has 1 amide bonds. The summed E-state index contributed by atoms with van der Waals surface area (Å²) in [6.07, 6.45) is 1.64. The van der Waals surface area contributed by atoms with Crippen LogP contribution in [0.2, 0.25) is 0 Å². The third-order valence-corrected chi connectivity index (χ3v) is 7.60. The number of hydrogen-bond acceptors (Lipinski definition) is 5. The topological polar surface area (TPSA) is 121 Å². The van der Waals surface area contributed by atoms with Gasteiger partial charge in [-0.15, -0.1) is 0 Å². The van der Waals surface area contributed by atoms with Crippen LogP contribution in [0.15, 0.2) is 41.3 Å². The molecule has 0 saturated heterocycles. The average Bonchev–Trinajstić information content (AvgIpc) is 3.47. The normalized spacial score (nSPS) is 14.4. The molecule has 0 unspecified atom stereocenters. The summed E-state index contributed by atoms with van der Waals surface area (Å²) < 4.78 is 53.5. The lowest BCUT2D eigenvalue weighted by Crippen LogP contribution is -2.26. The fourth-order valence-electron chi connectivity index (χ4n) is 2.80. The van der Waals surface area contributed by atoms with Crippen LogP contribution >= 0.6 is 0 Å². The number of sulfonamides is 2. The van der Waals surface area contributed by atoms with E-state index in [1.807, 2.05) is 0 Å². The van der Waals surface area contributed by atoms with E-state index in [4.69, 9.17) is 0 Å². The molecule has 3 N–H and O–H groups in total. The van der Waals surface area contributed by atoms with E-state index in [2.05, 4.69) is 14.8 Å². The van der Waals surface area contributed by atoms with Crippen LogP contribution < -0.4 is 14.8 Å². The third-order valence-electron chi connectivity index (χ3n) is 4.79. The molecule has 0 aliphatic heterocycles. The standard InChI is InChI=1S/C20H25N3O5S2/c1-4-29(25,26)23-19-10-8-16(11-14(19)3)21-20(24)18-12-17(9-5-13(18)2)30(27,28)22-15-6-7-15/h5,8-12,15,22-23H,4,6-7H2,1-3H3,(H,21,24). The first-order valence-corrected chi connectivity index (χ1v) is 12.7. The van der Waals surface area contributed by atoms with Gasteiger partial charge in [-0.3, -0.25) is 9.52 Å². The van der Waals surface area contributed by atoms with Crippen LogP contribution in [-0.4, -0.2) is 34.5 Å². The van der Waals surface area contributed by atoms with Gasteiger partial charge in [0.15, 0.2) is 0 Å². The highest BCUT2D eigenvalue weighted by Gasteiger charge is 2.28. The number of anilines is 2. The van der Waals surface area contributed by atoms with Crippen molar-refractivity contribution in [2.75, 3.05) is 15.8 Å². The predicted octanol–water partition coefficient (Wildman–Crippen LogP) is 2.76. The SMILES string of the molecule is CCS(=O)(=O)Nc1ccc(NC(=O)c2cc(S(=O)(=O)NC3CC3)ccc2C)cc1C. The minimum Gasteiger partial charge on any atom is -0.322 e. The molecule has 10 heteroatoms. The van der Waals surface area contributed by atoms with Crippen LogP contribution in [0.3, 0.4) is 0 Å². The van der Waals surface area contributed by atoms with Gasteiger partial charge < -0.3 is 5.32 Å². The summed E-state index contributed by atoms with van der Waals surface area (Å²) in [7, 11) is -7.07. The van der Waals surface area contributed by atoms with Gasteiger partial charge in [-0.05, 0) is 75.1 Å². The molecule has 0 radical (unpaired) electrons. The molecule has 1 aliphatic carbocycles. The van der Waals surface area contributed by atoms with E-state index in [1.54, 1.807) is 45.0 Å². The molecule has 1 saturated carbocycles. The van der Waals surface area contributed by atoms with Crippen LogP contribution in [0.1, 0.15) is 41.3 Å². The van der Waals surface area contributed by atoms with Gasteiger partial charge in [-0.2, -0.15) is 0 Å². The Kier molecular flexibility index (Phi) is 6.21. The largest absolute Gasteiger partial charge is 0.322 e. The molecule has 162 valence electrons. The van der Waals surface area contributed by atoms with E-state index in [-0.39, 0.29) is 22.3 Å². The number of amides is 1. The van der Waals surface area contributed by atoms with Gasteiger partial charge in [0, 0.05) is 17.3 Å². The Morgan fingerprint density at radius 1 is 1.00 bits per heavy atom. The van der Waals surface area contributed by atoms with E-state index < -0.39 is 26.0 Å². The molecule has 0 atom stereocenters. The number of nitrogens with one attached hydrogen (secondary N) is 3. The zero-order chi connectivity index (χ0) is 22.1. The van der Waals surface area contributed by atoms with Crippen molar-refractivity contribution in [1.82, 2.24) is 4.72 Å². The maximum atomic E-state index is 12.8. The lowest BCUT2D eigenvalue weighted by molar-refractivity contribution is 0.102. The Morgan fingerprint density at radius 2 is 1.70 bits per heavy atom. The zero-order valence-corrected chi connectivity index (χ0v) is 18.7. The Balaban J connectivity index is 1.80. The fourth-order valence-corrected chi connectivity index (χ4v) is 4.83. The van der Waals surface area contributed by atoms with Crippen molar-refractivity contribution in [3.63, 3.8) is 0 Å². The predicted molar refractivity (Wildman–Crippen MR) is 117 cm³/mol. The molecule has 30 heavy (non-hydrogen) atoms. The molecule has 0 aromatic heterocycles. The highest BCUT2D eigenvalue weighted by molar-refractivity contribution is 7.92. The van der Waals surface area contributed by atoms with Crippen molar-refractivity contribution in [3.05, 3.63) is 53.1 Å². The first-order chi connectivity index (χ1) is 14.0. The quantitative estimate of drug-likeness (QED) is 0.570. The van der Waals surface area contributed by atoms with Crippen LogP contribution in [0, 0.1) is 13.8 Å². The first kappa shape index (κ1) is 22.3. The molecule has 1 fully saturated rings. The highest BCUT2D eigenvalue weighted by Crippen LogP contribution is 2.25. The van der Waals surface area contributed by atoms with Gasteiger partial charge in [0.05, 0.1) is 16.3 Å². The summed E-state index contributed by atoms with van der Waals surface area (Å²) >= 11 is 0. The number of rotatable bonds is 8. The Bertz CT molecular complexity index is 1190. The van der Waals surface area contributed by atoms with Crippen LogP contribution in [0.25, 0.3) is 0 Å². The van der Waals surface area contributed by atoms with Crippen molar-refractivity contribution in [2.24, 2.45) is 0 Å². The molecule has 0 heterocycles. The number of carbonyl (C=O) groups excluding carboxylic acids is 1. The molecular formula is C20H25N3O5S2. The van der Waals surface area contributed by atoms with Gasteiger partial charge in [0.1, 0.15) is 0 Å². The lowest BCUT2D eigenvalue weighted by Gasteiger charge is -2.13. The molecule has 0 bridgehead atoms. The summed E-state index contributed by atoms with van der Waals surface area (Å²) in [4.78, 5) is 12.8. The first-order valence-electron chi connectivity index (χ1n) is 9.56. The van der Waals surface area contributed by atoms with Crippen molar-refractivity contribution in [1.29, 1.82) is 0 Å². The average molecular weight is 452 g/mol. The van der Waals surface area contributed by atoms with Crippen molar-refractivity contribution in [3.8, 4) is 0 Å². The molecule has 0 spiro atoms. The second-order valence-corrected chi connectivity index (χ2v) is 11.1. The number of aryl methyl sites for hydroxylation is 2. The van der Waals surface area contributed by atoms with E-state index >= 15 is 0 Å². The minimum atomic E-state index is -3.67. The molecule has 2 aromatic rings. The van der Waals surface area contributed by atoms with E-state index in [0.717, 1.165) is 12.8 Å². The second-order valence-electron chi connectivity index (χ2n) is 7.36. The Labute approximate surface area is 177 Å². The van der Waals surface area contributed by atoms with Gasteiger partial charge in [-0.1, -0.05) is 6.07 Å². The maximum absolute atomic E-state index is 12.8. The molecule has 8 nitrogen and oxygen atoms in total. The lowest BCUT2D eigenvalue weighted by atomic mass is 10.1. The van der Waals surface area contributed by atoms with Gasteiger partial charge in [0.25, 0.3) is 5.91 Å². The summed E-state index contributed by atoms with van der Waals surface area (Å²) in [6, 6.07) is 9.23. The minimum absolute atomic E-state index is 0.0276. The maximum Gasteiger partial charge on any atom is 0.255 e. The third kappa shape index (κ3) is 5.38. The second kappa shape index (κ2) is 8.37. The number of carbonyl (C=O) groups is 1.